The summed E-state index contributed by atoms with van der Waals surface area (Å²) < 4.78 is 4.41. The minimum absolute atomic E-state index is 0.175. The van der Waals surface area contributed by atoms with Gasteiger partial charge in [-0.2, -0.15) is 0 Å². The lowest BCUT2D eigenvalue weighted by atomic mass is 10.2. The van der Waals surface area contributed by atoms with Gasteiger partial charge < -0.3 is 4.74 Å². The lowest BCUT2D eigenvalue weighted by Crippen LogP contribution is -2.17. The summed E-state index contributed by atoms with van der Waals surface area (Å²) in [5.74, 6) is -2.53. The second kappa shape index (κ2) is 16.2. The maximum Gasteiger partial charge on any atom is 0.402 e. The van der Waals surface area contributed by atoms with Gasteiger partial charge in [0.15, 0.2) is 0 Å². The summed E-state index contributed by atoms with van der Waals surface area (Å²) in [6, 6.07) is 0. The van der Waals surface area contributed by atoms with Gasteiger partial charge in [0, 0.05) is 11.7 Å². The second-order valence-electron chi connectivity index (χ2n) is 4.22. The van der Waals surface area contributed by atoms with E-state index in [0.717, 1.165) is 32.1 Å². The number of esters is 1. The third-order valence-corrected chi connectivity index (χ3v) is 2.35. The molecule has 0 heterocycles. The molecule has 0 saturated carbocycles. The van der Waals surface area contributed by atoms with E-state index in [2.05, 4.69) is 11.7 Å². The SMILES string of the molecule is CCCCCN(O)C=O.CCCCCOC(=O)C(=O)N=O. The van der Waals surface area contributed by atoms with Crippen molar-refractivity contribution in [1.82, 2.24) is 5.06 Å². The van der Waals surface area contributed by atoms with Crippen LogP contribution in [0.4, 0.5) is 0 Å². The van der Waals surface area contributed by atoms with Gasteiger partial charge in [-0.25, -0.2) is 9.86 Å². The molecule has 8 nitrogen and oxygen atoms in total. The Balaban J connectivity index is 0. The fourth-order valence-corrected chi connectivity index (χ4v) is 1.19. The normalized spacial score (nSPS) is 9.10. The van der Waals surface area contributed by atoms with E-state index < -0.39 is 11.9 Å². The van der Waals surface area contributed by atoms with E-state index in [9.17, 15) is 19.3 Å². The lowest BCUT2D eigenvalue weighted by Gasteiger charge is -2.05. The first-order chi connectivity index (χ1) is 10.0. The van der Waals surface area contributed by atoms with Crippen molar-refractivity contribution in [1.29, 1.82) is 0 Å². The van der Waals surface area contributed by atoms with Crippen LogP contribution in [-0.4, -0.2) is 41.7 Å². The third-order valence-electron chi connectivity index (χ3n) is 2.35. The first-order valence-corrected chi connectivity index (χ1v) is 6.98. The fourth-order valence-electron chi connectivity index (χ4n) is 1.19. The van der Waals surface area contributed by atoms with Crippen LogP contribution in [0.2, 0.25) is 0 Å². The van der Waals surface area contributed by atoms with Gasteiger partial charge >= 0.3 is 11.9 Å². The smallest absolute Gasteiger partial charge is 0.402 e. The zero-order chi connectivity index (χ0) is 16.5. The maximum absolute atomic E-state index is 10.5. The Labute approximate surface area is 124 Å². The molecule has 8 heteroatoms. The first-order valence-electron chi connectivity index (χ1n) is 6.98. The van der Waals surface area contributed by atoms with Crippen LogP contribution in [0, 0.1) is 4.91 Å². The van der Waals surface area contributed by atoms with Gasteiger partial charge in [0.2, 0.25) is 6.41 Å². The van der Waals surface area contributed by atoms with Gasteiger partial charge in [-0.05, 0) is 12.8 Å². The predicted molar refractivity (Wildman–Crippen MR) is 75.4 cm³/mol. The van der Waals surface area contributed by atoms with E-state index in [1.807, 2.05) is 12.1 Å². The molecule has 0 atom stereocenters. The first kappa shape index (κ1) is 21.5. The molecule has 21 heavy (non-hydrogen) atoms. The van der Waals surface area contributed by atoms with Crippen LogP contribution in [0.1, 0.15) is 52.4 Å². The topological polar surface area (TPSA) is 113 Å². The number of ether oxygens (including phenoxy) is 1. The summed E-state index contributed by atoms with van der Waals surface area (Å²) in [6.07, 6.45) is 6.10. The summed E-state index contributed by atoms with van der Waals surface area (Å²) in [4.78, 5) is 40.0. The van der Waals surface area contributed by atoms with Crippen LogP contribution in [-0.2, 0) is 19.1 Å². The zero-order valence-electron chi connectivity index (χ0n) is 12.6. The van der Waals surface area contributed by atoms with Gasteiger partial charge in [0.1, 0.15) is 0 Å². The van der Waals surface area contributed by atoms with Crippen molar-refractivity contribution >= 4 is 18.3 Å². The molecule has 0 rings (SSSR count). The van der Waals surface area contributed by atoms with Gasteiger partial charge in [-0.1, -0.05) is 39.5 Å². The molecule has 0 aromatic rings. The minimum atomic E-state index is -1.37. The van der Waals surface area contributed by atoms with E-state index in [4.69, 9.17) is 5.21 Å². The van der Waals surface area contributed by atoms with Gasteiger partial charge in [0.05, 0.1) is 6.61 Å². The van der Waals surface area contributed by atoms with Crippen LogP contribution in [0.5, 0.6) is 0 Å². The highest BCUT2D eigenvalue weighted by atomic mass is 16.5. The molecule has 0 bridgehead atoms. The number of rotatable bonds is 9. The Morgan fingerprint density at radius 2 is 1.71 bits per heavy atom. The molecule has 0 aliphatic carbocycles. The van der Waals surface area contributed by atoms with Gasteiger partial charge in [-0.15, -0.1) is 4.91 Å². The quantitative estimate of drug-likeness (QED) is 0.133. The summed E-state index contributed by atoms with van der Waals surface area (Å²) in [5, 5.41) is 11.1. The Hall–Kier alpha value is -1.83. The molecular weight excluding hydrogens is 280 g/mol. The van der Waals surface area contributed by atoms with Crippen LogP contribution in [0.15, 0.2) is 5.18 Å². The second-order valence-corrected chi connectivity index (χ2v) is 4.22. The van der Waals surface area contributed by atoms with Crippen molar-refractivity contribution in [3.8, 4) is 0 Å². The molecule has 1 N–H and O–H groups in total. The third kappa shape index (κ3) is 16.1. The Morgan fingerprint density at radius 3 is 2.19 bits per heavy atom. The van der Waals surface area contributed by atoms with Gasteiger partial charge in [-0.3, -0.25) is 14.8 Å². The lowest BCUT2D eigenvalue weighted by molar-refractivity contribution is -0.153. The number of hydrogen-bond acceptors (Lipinski definition) is 6. The fraction of sp³-hybridized carbons (Fsp3) is 0.769. The minimum Gasteiger partial charge on any atom is -0.458 e. The standard InChI is InChI=1S/C7H11NO4.C6H13NO2/c1-2-3-4-5-12-7(10)6(9)8-11;1-2-3-4-5-7(9)6-8/h2-5H2,1H3;6,9H,2-5H2,1H3. The molecule has 0 unspecified atom stereocenters. The summed E-state index contributed by atoms with van der Waals surface area (Å²) in [7, 11) is 0. The predicted octanol–water partition coefficient (Wildman–Crippen LogP) is 2.04. The summed E-state index contributed by atoms with van der Waals surface area (Å²) in [5.41, 5.74) is 0. The number of nitroso groups, excluding NO2 is 1. The van der Waals surface area contributed by atoms with Crippen LogP contribution in [0.25, 0.3) is 0 Å². The molecule has 0 fully saturated rings. The van der Waals surface area contributed by atoms with Crippen molar-refractivity contribution in [3.05, 3.63) is 4.91 Å². The molecule has 0 aromatic heterocycles. The van der Waals surface area contributed by atoms with E-state index in [1.165, 1.54) is 0 Å². The zero-order valence-corrected chi connectivity index (χ0v) is 12.6. The Kier molecular flexibility index (Phi) is 16.6. The van der Waals surface area contributed by atoms with Gasteiger partial charge in [0.25, 0.3) is 0 Å². The van der Waals surface area contributed by atoms with Crippen LogP contribution < -0.4 is 0 Å². The maximum atomic E-state index is 10.5. The molecule has 0 aromatic carbocycles. The van der Waals surface area contributed by atoms with Crippen molar-refractivity contribution in [2.75, 3.05) is 13.2 Å². The molecule has 2 amide bonds. The molecule has 0 radical (unpaired) electrons. The number of carbonyl (C=O) groups is 3. The highest BCUT2D eigenvalue weighted by molar-refractivity contribution is 6.32. The molecule has 0 spiro atoms. The van der Waals surface area contributed by atoms with Crippen molar-refractivity contribution in [2.45, 2.75) is 52.4 Å². The van der Waals surface area contributed by atoms with Crippen molar-refractivity contribution < 1.29 is 24.3 Å². The number of amides is 2. The number of hydroxylamine groups is 2. The molecule has 122 valence electrons. The summed E-state index contributed by atoms with van der Waals surface area (Å²) >= 11 is 0. The number of carbonyl (C=O) groups excluding carboxylic acids is 3. The Morgan fingerprint density at radius 1 is 1.14 bits per heavy atom. The van der Waals surface area contributed by atoms with Crippen LogP contribution >= 0.6 is 0 Å². The number of unbranched alkanes of at least 4 members (excludes halogenated alkanes) is 4. The van der Waals surface area contributed by atoms with Crippen molar-refractivity contribution in [3.63, 3.8) is 0 Å². The molecular formula is C13H24N2O6. The average Bonchev–Trinajstić information content (AvgIpc) is 2.51. The van der Waals surface area contributed by atoms with Crippen LogP contribution in [0.3, 0.4) is 0 Å². The highest BCUT2D eigenvalue weighted by Crippen LogP contribution is 1.95. The largest absolute Gasteiger partial charge is 0.458 e. The van der Waals surface area contributed by atoms with E-state index >= 15 is 0 Å². The molecule has 0 aliphatic heterocycles. The van der Waals surface area contributed by atoms with E-state index in [1.54, 1.807) is 0 Å². The highest BCUT2D eigenvalue weighted by Gasteiger charge is 2.14. The molecule has 0 saturated heterocycles. The Bertz CT molecular complexity index is 309. The van der Waals surface area contributed by atoms with E-state index in [0.29, 0.717) is 24.4 Å². The molecule has 0 aliphatic rings. The monoisotopic (exact) mass is 304 g/mol. The van der Waals surface area contributed by atoms with E-state index in [-0.39, 0.29) is 6.61 Å². The van der Waals surface area contributed by atoms with Crippen molar-refractivity contribution in [2.24, 2.45) is 5.18 Å². The summed E-state index contributed by atoms with van der Waals surface area (Å²) in [6.45, 7) is 4.70. The average molecular weight is 304 g/mol. The number of nitrogens with zero attached hydrogens (tertiary/aromatic N) is 2. The number of hydrogen-bond donors (Lipinski definition) is 1.